The highest BCUT2D eigenvalue weighted by Gasteiger charge is 2.42. The second kappa shape index (κ2) is 12.9. The Balaban J connectivity index is 1.40. The van der Waals surface area contributed by atoms with E-state index in [4.69, 9.17) is 4.52 Å². The summed E-state index contributed by atoms with van der Waals surface area (Å²) in [5, 5.41) is 19.2. The number of aromatic nitrogens is 2. The van der Waals surface area contributed by atoms with Gasteiger partial charge in [-0.3, -0.25) is 4.79 Å². The number of hydrogen-bond donors (Lipinski definition) is 2. The molecule has 2 aromatic heterocycles. The number of rotatable bonds is 15. The van der Waals surface area contributed by atoms with Gasteiger partial charge < -0.3 is 14.9 Å². The van der Waals surface area contributed by atoms with Crippen molar-refractivity contribution in [2.45, 2.75) is 62.7 Å². The van der Waals surface area contributed by atoms with Crippen molar-refractivity contribution in [3.63, 3.8) is 0 Å². The number of carboxylic acid groups (broad SMARTS) is 1. The normalized spacial score (nSPS) is 18.6. The van der Waals surface area contributed by atoms with Crippen LogP contribution in [0.3, 0.4) is 0 Å². The van der Waals surface area contributed by atoms with E-state index in [9.17, 15) is 14.7 Å². The van der Waals surface area contributed by atoms with Crippen LogP contribution < -0.4 is 5.32 Å². The van der Waals surface area contributed by atoms with Gasteiger partial charge in [-0.05, 0) is 73.1 Å². The number of hydrogen-bond acceptors (Lipinski definition) is 6. The zero-order chi connectivity index (χ0) is 29.8. The Morgan fingerprint density at radius 1 is 1.12 bits per heavy atom. The van der Waals surface area contributed by atoms with Crippen LogP contribution in [0.5, 0.6) is 0 Å². The summed E-state index contributed by atoms with van der Waals surface area (Å²) < 4.78 is 6.08. The lowest BCUT2D eigenvalue weighted by molar-refractivity contribution is -0.116. The van der Waals surface area contributed by atoms with Gasteiger partial charge in [-0.25, -0.2) is 9.78 Å². The lowest BCUT2D eigenvalue weighted by Gasteiger charge is -2.35. The summed E-state index contributed by atoms with van der Waals surface area (Å²) in [5.41, 5.74) is 4.38. The van der Waals surface area contributed by atoms with Gasteiger partial charge in [0.1, 0.15) is 5.76 Å². The van der Waals surface area contributed by atoms with Gasteiger partial charge in [0.2, 0.25) is 5.91 Å². The molecule has 5 rings (SSSR count). The van der Waals surface area contributed by atoms with Crippen molar-refractivity contribution in [3.05, 3.63) is 101 Å². The molecular formula is C34H37N3O4S. The molecule has 0 aliphatic heterocycles. The SMILES string of the molecule is C=Cc1ccc(NC(=O)CC(Cc2nc(C(=O)O)cs2)c2noc(C3CC(CC(C=C)C=C)C3)c2C2CC2)c(C=C)c1. The number of aromatic carboxylic acids is 1. The molecule has 42 heavy (non-hydrogen) atoms. The van der Waals surface area contributed by atoms with Crippen LogP contribution >= 0.6 is 11.3 Å². The smallest absolute Gasteiger partial charge is 0.355 e. The molecule has 0 saturated heterocycles. The third-order valence-electron chi connectivity index (χ3n) is 8.40. The molecule has 2 heterocycles. The Morgan fingerprint density at radius 3 is 2.50 bits per heavy atom. The number of allylic oxidation sites excluding steroid dienone is 2. The van der Waals surface area contributed by atoms with Crippen LogP contribution in [0.25, 0.3) is 12.2 Å². The highest BCUT2D eigenvalue weighted by molar-refractivity contribution is 7.09. The first-order chi connectivity index (χ1) is 20.3. The molecular weight excluding hydrogens is 546 g/mol. The van der Waals surface area contributed by atoms with Crippen LogP contribution in [0.4, 0.5) is 5.69 Å². The maximum absolute atomic E-state index is 13.5. The van der Waals surface area contributed by atoms with E-state index in [0.717, 1.165) is 60.2 Å². The topological polar surface area (TPSA) is 105 Å². The second-order valence-corrected chi connectivity index (χ2v) is 12.3. The monoisotopic (exact) mass is 583 g/mol. The Labute approximate surface area is 250 Å². The first-order valence-corrected chi connectivity index (χ1v) is 15.3. The van der Waals surface area contributed by atoms with Crippen LogP contribution in [0.2, 0.25) is 0 Å². The van der Waals surface area contributed by atoms with Crippen LogP contribution in [0.1, 0.15) is 99.9 Å². The molecule has 0 radical (unpaired) electrons. The summed E-state index contributed by atoms with van der Waals surface area (Å²) >= 11 is 1.29. The molecule has 2 fully saturated rings. The average molecular weight is 584 g/mol. The number of nitrogens with one attached hydrogen (secondary N) is 1. The van der Waals surface area contributed by atoms with Crippen molar-refractivity contribution < 1.29 is 19.2 Å². The number of carbonyl (C=O) groups is 2. The predicted octanol–water partition coefficient (Wildman–Crippen LogP) is 8.22. The Bertz CT molecular complexity index is 1500. The number of thiazole rings is 1. The fourth-order valence-electron chi connectivity index (χ4n) is 5.91. The van der Waals surface area contributed by atoms with E-state index >= 15 is 0 Å². The molecule has 7 nitrogen and oxygen atoms in total. The molecule has 2 aliphatic carbocycles. The summed E-state index contributed by atoms with van der Waals surface area (Å²) in [6.45, 7) is 15.5. The first-order valence-electron chi connectivity index (χ1n) is 14.4. The van der Waals surface area contributed by atoms with Crippen molar-refractivity contribution >= 4 is 41.1 Å². The van der Waals surface area contributed by atoms with E-state index in [0.29, 0.717) is 40.8 Å². The largest absolute Gasteiger partial charge is 0.476 e. The maximum Gasteiger partial charge on any atom is 0.355 e. The van der Waals surface area contributed by atoms with E-state index in [1.165, 1.54) is 16.7 Å². The van der Waals surface area contributed by atoms with Gasteiger partial charge in [0, 0.05) is 41.3 Å². The van der Waals surface area contributed by atoms with Crippen molar-refractivity contribution in [1.82, 2.24) is 10.1 Å². The summed E-state index contributed by atoms with van der Waals surface area (Å²) in [6.07, 6.45) is 13.2. The van der Waals surface area contributed by atoms with Gasteiger partial charge in [0.25, 0.3) is 0 Å². The molecule has 2 saturated carbocycles. The molecule has 2 N–H and O–H groups in total. The molecule has 218 valence electrons. The van der Waals surface area contributed by atoms with Crippen molar-refractivity contribution in [1.29, 1.82) is 0 Å². The van der Waals surface area contributed by atoms with E-state index in [-0.39, 0.29) is 23.9 Å². The van der Waals surface area contributed by atoms with Crippen molar-refractivity contribution in [2.75, 3.05) is 5.32 Å². The molecule has 2 aliphatic rings. The van der Waals surface area contributed by atoms with E-state index in [2.05, 4.69) is 41.8 Å². The van der Waals surface area contributed by atoms with Gasteiger partial charge in [-0.15, -0.1) is 24.5 Å². The number of benzene rings is 1. The van der Waals surface area contributed by atoms with Gasteiger partial charge >= 0.3 is 5.97 Å². The van der Waals surface area contributed by atoms with Gasteiger partial charge in [-0.2, -0.15) is 0 Å². The first kappa shape index (κ1) is 29.5. The van der Waals surface area contributed by atoms with E-state index in [1.807, 2.05) is 30.4 Å². The van der Waals surface area contributed by atoms with Gasteiger partial charge in [0.05, 0.1) is 10.7 Å². The molecule has 0 spiro atoms. The summed E-state index contributed by atoms with van der Waals surface area (Å²) in [6, 6.07) is 5.66. The van der Waals surface area contributed by atoms with Crippen LogP contribution in [0, 0.1) is 11.8 Å². The quantitative estimate of drug-likeness (QED) is 0.175. The zero-order valence-electron chi connectivity index (χ0n) is 23.8. The van der Waals surface area contributed by atoms with Crippen LogP contribution in [-0.2, 0) is 11.2 Å². The highest BCUT2D eigenvalue weighted by Crippen LogP contribution is 2.53. The predicted molar refractivity (Wildman–Crippen MR) is 168 cm³/mol. The highest BCUT2D eigenvalue weighted by atomic mass is 32.1. The minimum atomic E-state index is -1.07. The van der Waals surface area contributed by atoms with E-state index < -0.39 is 5.97 Å². The van der Waals surface area contributed by atoms with Crippen LogP contribution in [0.15, 0.2) is 66.6 Å². The van der Waals surface area contributed by atoms with Gasteiger partial charge in [-0.1, -0.05) is 48.7 Å². The maximum atomic E-state index is 13.5. The lowest BCUT2D eigenvalue weighted by Crippen LogP contribution is -2.24. The fourth-order valence-corrected chi connectivity index (χ4v) is 6.75. The minimum Gasteiger partial charge on any atom is -0.476 e. The van der Waals surface area contributed by atoms with E-state index in [1.54, 1.807) is 12.2 Å². The molecule has 1 atom stereocenters. The Hall–Kier alpha value is -4.04. The molecule has 8 heteroatoms. The average Bonchev–Trinajstić information content (AvgIpc) is 3.53. The molecule has 1 unspecified atom stereocenters. The Morgan fingerprint density at radius 2 is 1.88 bits per heavy atom. The molecule has 1 amide bonds. The third kappa shape index (κ3) is 6.54. The summed E-state index contributed by atoms with van der Waals surface area (Å²) in [7, 11) is 0. The number of anilines is 1. The second-order valence-electron chi connectivity index (χ2n) is 11.4. The third-order valence-corrected chi connectivity index (χ3v) is 9.27. The standard InChI is InChI=1S/C34H37N3O4S/c1-5-20(6-2)13-22-15-26(16-22)33-31(24-10-11-24)32(37-41-33)25(18-30-36-28(19-42-30)34(39)40)17-29(38)35-27-12-9-21(7-3)14-23(27)8-4/h5-9,12,14,19-20,22,24-26H,1-4,10-11,13,15-18H2,(H,35,38)(H,39,40). The Kier molecular flexibility index (Phi) is 9.02. The molecule has 3 aromatic rings. The zero-order valence-corrected chi connectivity index (χ0v) is 24.6. The lowest BCUT2D eigenvalue weighted by atomic mass is 9.69. The van der Waals surface area contributed by atoms with Gasteiger partial charge in [0.15, 0.2) is 5.69 Å². The summed E-state index contributed by atoms with van der Waals surface area (Å²) in [5.74, 6) is 1.01. The number of nitrogens with zero attached hydrogens (tertiary/aromatic N) is 2. The van der Waals surface area contributed by atoms with Crippen LogP contribution in [-0.4, -0.2) is 27.1 Å². The van der Waals surface area contributed by atoms with Crippen molar-refractivity contribution in [2.24, 2.45) is 11.8 Å². The molecule has 0 bridgehead atoms. The van der Waals surface area contributed by atoms with Crippen molar-refractivity contribution in [3.8, 4) is 0 Å². The number of carbonyl (C=O) groups excluding carboxylic acids is 1. The number of amides is 1. The minimum absolute atomic E-state index is 0.0113. The number of carboxylic acids is 1. The molecule has 1 aromatic carbocycles. The summed E-state index contributed by atoms with van der Waals surface area (Å²) in [4.78, 5) is 29.3. The fraction of sp³-hybridized carbons (Fsp3) is 0.353.